The Labute approximate surface area is 117 Å². The van der Waals surface area contributed by atoms with Crippen LogP contribution < -0.4 is 10.6 Å². The second-order valence-electron chi connectivity index (χ2n) is 4.02. The van der Waals surface area contributed by atoms with Gasteiger partial charge in [-0.25, -0.2) is 4.98 Å². The van der Waals surface area contributed by atoms with Crippen molar-refractivity contribution in [1.29, 1.82) is 0 Å². The van der Waals surface area contributed by atoms with E-state index in [4.69, 9.17) is 4.74 Å². The van der Waals surface area contributed by atoms with Crippen LogP contribution in [0.2, 0.25) is 0 Å². The third-order valence-corrected chi connectivity index (χ3v) is 3.18. The maximum atomic E-state index is 4.98. The average Bonchev–Trinajstić information content (AvgIpc) is 2.88. The largest absolute Gasteiger partial charge is 0.385 e. The lowest BCUT2D eigenvalue weighted by molar-refractivity contribution is 0.179. The van der Waals surface area contributed by atoms with Crippen molar-refractivity contribution in [3.63, 3.8) is 0 Å². The summed E-state index contributed by atoms with van der Waals surface area (Å²) in [6.07, 6.45) is 1.02. The lowest BCUT2D eigenvalue weighted by atomic mass is 10.3. The summed E-state index contributed by atoms with van der Waals surface area (Å²) in [6.45, 7) is 2.27. The van der Waals surface area contributed by atoms with E-state index < -0.39 is 0 Å². The molecule has 0 spiro atoms. The Bertz CT molecular complexity index is 475. The van der Waals surface area contributed by atoms with E-state index in [0.29, 0.717) is 6.61 Å². The molecule has 2 aromatic rings. The quantitative estimate of drug-likeness (QED) is 0.727. The van der Waals surface area contributed by atoms with Crippen LogP contribution in [-0.2, 0) is 11.3 Å². The highest BCUT2D eigenvalue weighted by molar-refractivity contribution is 7.09. The number of hydrogen-bond acceptors (Lipinski definition) is 6. The Hall–Kier alpha value is -1.66. The number of nitrogens with zero attached hydrogens (tertiary/aromatic N) is 2. The topological polar surface area (TPSA) is 59.1 Å². The van der Waals surface area contributed by atoms with Gasteiger partial charge in [0.1, 0.15) is 6.61 Å². The lowest BCUT2D eigenvalue weighted by Gasteiger charge is -2.06. The van der Waals surface area contributed by atoms with E-state index in [-0.39, 0.29) is 0 Å². The van der Waals surface area contributed by atoms with E-state index >= 15 is 0 Å². The van der Waals surface area contributed by atoms with Crippen molar-refractivity contribution in [1.82, 2.24) is 9.36 Å². The van der Waals surface area contributed by atoms with Gasteiger partial charge < -0.3 is 15.4 Å². The number of aromatic nitrogens is 2. The standard InChI is InChI=1S/C13H18N4OS/c1-18-10-12-16-13(19-17-12)15-9-5-8-14-11-6-3-2-4-7-11/h2-4,6-7,14H,5,8-10H2,1H3,(H,15,16,17). The Balaban J connectivity index is 1.61. The molecule has 0 aliphatic rings. The van der Waals surface area contributed by atoms with Crippen LogP contribution in [0.5, 0.6) is 0 Å². The number of anilines is 2. The number of methoxy groups -OCH3 is 1. The fourth-order valence-corrected chi connectivity index (χ4v) is 2.18. The molecule has 5 nitrogen and oxygen atoms in total. The van der Waals surface area contributed by atoms with Gasteiger partial charge in [0, 0.05) is 37.4 Å². The van der Waals surface area contributed by atoms with Crippen LogP contribution in [0.25, 0.3) is 0 Å². The monoisotopic (exact) mass is 278 g/mol. The number of hydrogen-bond donors (Lipinski definition) is 2. The van der Waals surface area contributed by atoms with Crippen LogP contribution in [0.15, 0.2) is 30.3 Å². The minimum absolute atomic E-state index is 0.466. The molecule has 1 aromatic heterocycles. The van der Waals surface area contributed by atoms with Crippen LogP contribution >= 0.6 is 11.5 Å². The van der Waals surface area contributed by atoms with Gasteiger partial charge in [0.05, 0.1) is 0 Å². The number of rotatable bonds is 8. The minimum Gasteiger partial charge on any atom is -0.385 e. The normalized spacial score (nSPS) is 10.4. The zero-order valence-corrected chi connectivity index (χ0v) is 11.7. The van der Waals surface area contributed by atoms with E-state index in [1.165, 1.54) is 11.5 Å². The SMILES string of the molecule is COCc1nsc(NCCCNc2ccccc2)n1. The highest BCUT2D eigenvalue weighted by Crippen LogP contribution is 2.11. The maximum Gasteiger partial charge on any atom is 0.202 e. The summed E-state index contributed by atoms with van der Waals surface area (Å²) in [5.41, 5.74) is 1.15. The van der Waals surface area contributed by atoms with Gasteiger partial charge in [0.25, 0.3) is 0 Å². The van der Waals surface area contributed by atoms with Gasteiger partial charge in [-0.2, -0.15) is 4.37 Å². The van der Waals surface area contributed by atoms with E-state index in [1.807, 2.05) is 18.2 Å². The molecule has 2 rings (SSSR count). The predicted molar refractivity (Wildman–Crippen MR) is 78.7 cm³/mol. The highest BCUT2D eigenvalue weighted by Gasteiger charge is 2.02. The Morgan fingerprint density at radius 2 is 1.95 bits per heavy atom. The Morgan fingerprint density at radius 3 is 2.74 bits per heavy atom. The molecule has 0 radical (unpaired) electrons. The van der Waals surface area contributed by atoms with Crippen molar-refractivity contribution in [3.05, 3.63) is 36.2 Å². The summed E-state index contributed by atoms with van der Waals surface area (Å²) >= 11 is 1.37. The molecule has 0 atom stereocenters. The van der Waals surface area contributed by atoms with Crippen molar-refractivity contribution in [2.45, 2.75) is 13.0 Å². The fourth-order valence-electron chi connectivity index (χ4n) is 1.59. The lowest BCUT2D eigenvalue weighted by Crippen LogP contribution is -2.09. The molecule has 0 saturated carbocycles. The smallest absolute Gasteiger partial charge is 0.202 e. The van der Waals surface area contributed by atoms with Crippen LogP contribution in [0.3, 0.4) is 0 Å². The number of benzene rings is 1. The number of para-hydroxylation sites is 1. The molecule has 1 heterocycles. The summed E-state index contributed by atoms with van der Waals surface area (Å²) < 4.78 is 9.16. The van der Waals surface area contributed by atoms with Crippen LogP contribution in [0, 0.1) is 0 Å². The van der Waals surface area contributed by atoms with Gasteiger partial charge in [-0.15, -0.1) is 0 Å². The maximum absolute atomic E-state index is 4.98. The van der Waals surface area contributed by atoms with E-state index in [2.05, 4.69) is 32.1 Å². The summed E-state index contributed by atoms with van der Waals surface area (Å²) in [5.74, 6) is 0.734. The molecule has 2 N–H and O–H groups in total. The first-order chi connectivity index (χ1) is 9.38. The van der Waals surface area contributed by atoms with Crippen molar-refractivity contribution in [2.75, 3.05) is 30.8 Å². The van der Waals surface area contributed by atoms with Crippen molar-refractivity contribution in [3.8, 4) is 0 Å². The van der Waals surface area contributed by atoms with Gasteiger partial charge in [0.15, 0.2) is 5.82 Å². The predicted octanol–water partition coefficient (Wildman–Crippen LogP) is 2.60. The molecule has 19 heavy (non-hydrogen) atoms. The van der Waals surface area contributed by atoms with Crippen LogP contribution in [0.1, 0.15) is 12.2 Å². The minimum atomic E-state index is 0.466. The van der Waals surface area contributed by atoms with E-state index in [1.54, 1.807) is 7.11 Å². The summed E-state index contributed by atoms with van der Waals surface area (Å²) in [5, 5.41) is 7.48. The van der Waals surface area contributed by atoms with E-state index in [9.17, 15) is 0 Å². The summed E-state index contributed by atoms with van der Waals surface area (Å²) in [4.78, 5) is 4.31. The fraction of sp³-hybridized carbons (Fsp3) is 0.385. The molecule has 0 aliphatic heterocycles. The van der Waals surface area contributed by atoms with Crippen LogP contribution in [0.4, 0.5) is 10.8 Å². The zero-order valence-electron chi connectivity index (χ0n) is 10.9. The number of ether oxygens (including phenoxy) is 1. The first-order valence-corrected chi connectivity index (χ1v) is 7.00. The molecule has 0 fully saturated rings. The second-order valence-corrected chi connectivity index (χ2v) is 4.77. The molecular formula is C13H18N4OS. The molecule has 0 unspecified atom stereocenters. The molecular weight excluding hydrogens is 260 g/mol. The first-order valence-electron chi connectivity index (χ1n) is 6.23. The molecule has 0 bridgehead atoms. The van der Waals surface area contributed by atoms with Crippen molar-refractivity contribution >= 4 is 22.4 Å². The molecule has 6 heteroatoms. The second kappa shape index (κ2) is 7.70. The first kappa shape index (κ1) is 13.8. The summed E-state index contributed by atoms with van der Waals surface area (Å²) in [6, 6.07) is 10.2. The van der Waals surface area contributed by atoms with Gasteiger partial charge in [-0.3, -0.25) is 0 Å². The average molecular weight is 278 g/mol. The summed E-state index contributed by atoms with van der Waals surface area (Å²) in [7, 11) is 1.64. The molecule has 1 aromatic carbocycles. The van der Waals surface area contributed by atoms with Gasteiger partial charge >= 0.3 is 0 Å². The Morgan fingerprint density at radius 1 is 1.16 bits per heavy atom. The zero-order chi connectivity index (χ0) is 13.3. The highest BCUT2D eigenvalue weighted by atomic mass is 32.1. The van der Waals surface area contributed by atoms with Gasteiger partial charge in [-0.05, 0) is 18.6 Å². The van der Waals surface area contributed by atoms with Crippen molar-refractivity contribution in [2.24, 2.45) is 0 Å². The third-order valence-electron chi connectivity index (χ3n) is 2.47. The molecule has 0 amide bonds. The molecule has 102 valence electrons. The van der Waals surface area contributed by atoms with Gasteiger partial charge in [-0.1, -0.05) is 18.2 Å². The number of nitrogens with one attached hydrogen (secondary N) is 2. The molecule has 0 saturated heterocycles. The van der Waals surface area contributed by atoms with Crippen LogP contribution in [-0.4, -0.2) is 29.6 Å². The molecule has 0 aliphatic carbocycles. The van der Waals surface area contributed by atoms with E-state index in [0.717, 1.165) is 36.2 Å². The third kappa shape index (κ3) is 4.84. The van der Waals surface area contributed by atoms with Gasteiger partial charge in [0.2, 0.25) is 5.13 Å². The van der Waals surface area contributed by atoms with Crippen molar-refractivity contribution < 1.29 is 4.74 Å². The Kier molecular flexibility index (Phi) is 5.58.